The molecule has 1 aliphatic rings. The molecule has 18 nitrogen and oxygen atoms in total. The summed E-state index contributed by atoms with van der Waals surface area (Å²) in [5.74, 6) is -2.82. The molecule has 0 aromatic carbocycles. The van der Waals surface area contributed by atoms with E-state index in [-0.39, 0.29) is 47.4 Å². The van der Waals surface area contributed by atoms with E-state index in [4.69, 9.17) is 47.1 Å². The number of aliphatic hydroxyl groups excluding tert-OH is 3. The van der Waals surface area contributed by atoms with Gasteiger partial charge < -0.3 is 52.2 Å². The highest BCUT2D eigenvalue weighted by atomic mass is 16.7. The molecule has 1 aliphatic carbocycles. The third-order valence-electron chi connectivity index (χ3n) is 9.94. The number of aldehydes is 1. The van der Waals surface area contributed by atoms with Gasteiger partial charge in [0.25, 0.3) is 5.91 Å². The fraction of sp³-hybridized carbons (Fsp3) is 0.854. The first kappa shape index (κ1) is 73.8. The van der Waals surface area contributed by atoms with Crippen LogP contribution < -0.4 is 16.8 Å². The zero-order chi connectivity index (χ0) is 53.0. The SMILES string of the molecule is CCC[C@H](C)C(=O)N(C)OC.CCC[C@H](C)C(=O)O.CCC[C@H](C)C(O)C#N.CCC[C@H](C)C(O)C(=O)O.CCC[C@H](C)C=O.CCC[C@H](N)C(=O)O.CCC[C@H](N)C(O)C(=O)NC1CC1. The lowest BCUT2D eigenvalue weighted by molar-refractivity contribution is -0.173. The average Bonchev–Trinajstić information content (AvgIpc) is 4.10. The Balaban J connectivity index is -0.000000161. The fourth-order valence-electron chi connectivity index (χ4n) is 5.27. The highest BCUT2D eigenvalue weighted by molar-refractivity contribution is 5.81. The summed E-state index contributed by atoms with van der Waals surface area (Å²) in [6, 6.07) is 0.999. The number of nitrogens with two attached hydrogens (primary N) is 2. The highest BCUT2D eigenvalue weighted by Gasteiger charge is 2.29. The molecule has 1 fully saturated rings. The lowest BCUT2D eigenvalue weighted by Crippen LogP contribution is -2.46. The molecule has 2 amide bonds. The van der Waals surface area contributed by atoms with Gasteiger partial charge in [-0.2, -0.15) is 5.26 Å². The van der Waals surface area contributed by atoms with Gasteiger partial charge in [-0.3, -0.25) is 24.0 Å². The van der Waals surface area contributed by atoms with Crippen molar-refractivity contribution < 1.29 is 64.2 Å². The molecule has 11 N–H and O–H groups in total. The van der Waals surface area contributed by atoms with Crippen molar-refractivity contribution in [1.29, 1.82) is 5.26 Å². The third kappa shape index (κ3) is 48.2. The van der Waals surface area contributed by atoms with Crippen molar-refractivity contribution >= 4 is 36.0 Å². The molecule has 0 aliphatic heterocycles. The number of hydrogen-bond acceptors (Lipinski definition) is 13. The number of hydroxylamine groups is 2. The van der Waals surface area contributed by atoms with E-state index in [1.807, 2.05) is 55.4 Å². The minimum absolute atomic E-state index is 0.0503. The molecule has 0 bridgehead atoms. The summed E-state index contributed by atoms with van der Waals surface area (Å²) in [5.41, 5.74) is 10.7. The molecule has 1 saturated carbocycles. The molecular weight excluding hydrogens is 855 g/mol. The Morgan fingerprint density at radius 3 is 1.38 bits per heavy atom. The number of aliphatic hydroxyl groups is 3. The molecule has 66 heavy (non-hydrogen) atoms. The number of nitrogens with zero attached hydrogens (tertiary/aromatic N) is 2. The van der Waals surface area contributed by atoms with E-state index in [1.165, 1.54) is 12.2 Å². The second kappa shape index (κ2) is 49.2. The zero-order valence-corrected chi connectivity index (χ0v) is 43.3. The van der Waals surface area contributed by atoms with Crippen LogP contribution in [0.4, 0.5) is 0 Å². The second-order valence-electron chi connectivity index (χ2n) is 16.9. The van der Waals surface area contributed by atoms with Gasteiger partial charge in [-0.05, 0) is 69.6 Å². The molecular formula is C48H97N5O13. The van der Waals surface area contributed by atoms with Gasteiger partial charge in [0.2, 0.25) is 5.91 Å². The molecule has 0 radical (unpaired) electrons. The van der Waals surface area contributed by atoms with E-state index in [2.05, 4.69) is 19.2 Å². The first-order chi connectivity index (χ1) is 30.8. The van der Waals surface area contributed by atoms with Crippen LogP contribution in [-0.2, 0) is 33.6 Å². The van der Waals surface area contributed by atoms with Gasteiger partial charge in [-0.15, -0.1) is 0 Å². The van der Waals surface area contributed by atoms with Gasteiger partial charge in [0.1, 0.15) is 24.5 Å². The molecule has 0 heterocycles. The number of aliphatic carboxylic acids is 3. The summed E-state index contributed by atoms with van der Waals surface area (Å²) in [6.07, 6.45) is 12.5. The molecule has 0 spiro atoms. The summed E-state index contributed by atoms with van der Waals surface area (Å²) in [7, 11) is 3.13. The molecule has 392 valence electrons. The van der Waals surface area contributed by atoms with E-state index in [1.54, 1.807) is 27.0 Å². The maximum Gasteiger partial charge on any atom is 0.332 e. The average molecular weight is 952 g/mol. The number of hydrogen-bond donors (Lipinski definition) is 9. The summed E-state index contributed by atoms with van der Waals surface area (Å²) < 4.78 is 0. The number of carboxylic acids is 3. The number of carbonyl (C=O) groups is 6. The topological polar surface area (TPSA) is 324 Å². The first-order valence-corrected chi connectivity index (χ1v) is 24.0. The molecule has 0 saturated heterocycles. The van der Waals surface area contributed by atoms with Crippen LogP contribution in [0.1, 0.15) is 186 Å². The van der Waals surface area contributed by atoms with Crippen LogP contribution in [0.25, 0.3) is 0 Å². The van der Waals surface area contributed by atoms with Crippen LogP contribution in [0.2, 0.25) is 0 Å². The molecule has 0 aromatic rings. The maximum atomic E-state index is 11.3. The lowest BCUT2D eigenvalue weighted by Gasteiger charge is -2.17. The third-order valence-corrected chi connectivity index (χ3v) is 9.94. The molecule has 1 rings (SSSR count). The Hall–Kier alpha value is -3.73. The number of carbonyl (C=O) groups excluding carboxylic acids is 3. The van der Waals surface area contributed by atoms with Crippen LogP contribution in [0.15, 0.2) is 0 Å². The highest BCUT2D eigenvalue weighted by Crippen LogP contribution is 2.19. The Labute approximate surface area is 398 Å². The molecule has 10 atom stereocenters. The van der Waals surface area contributed by atoms with Crippen LogP contribution in [-0.4, -0.2) is 122 Å². The number of carboxylic acid groups (broad SMARTS) is 3. The van der Waals surface area contributed by atoms with Crippen molar-refractivity contribution in [2.24, 2.45) is 41.1 Å². The van der Waals surface area contributed by atoms with Crippen LogP contribution >= 0.6 is 0 Å². The number of amides is 2. The van der Waals surface area contributed by atoms with Gasteiger partial charge in [0.15, 0.2) is 6.10 Å². The van der Waals surface area contributed by atoms with Crippen molar-refractivity contribution in [3.05, 3.63) is 0 Å². The number of nitriles is 1. The summed E-state index contributed by atoms with van der Waals surface area (Å²) >= 11 is 0. The predicted octanol–water partition coefficient (Wildman–Crippen LogP) is 6.70. The van der Waals surface area contributed by atoms with Crippen molar-refractivity contribution in [2.45, 2.75) is 222 Å². The minimum Gasteiger partial charge on any atom is -0.481 e. The molecule has 0 aromatic heterocycles. The van der Waals surface area contributed by atoms with E-state index in [0.29, 0.717) is 12.8 Å². The number of nitrogens with one attached hydrogen (secondary N) is 1. The largest absolute Gasteiger partial charge is 0.481 e. The van der Waals surface area contributed by atoms with Crippen molar-refractivity contribution in [2.75, 3.05) is 14.2 Å². The molecule has 3 unspecified atom stereocenters. The standard InChI is InChI=1S/C9H18N2O2.C8H17NO2.C7H13NO.C7H14O3.C6H12O2.C6H12O.C5H11NO2/c1-2-3-7(10)8(12)9(13)11-6-4-5-6;1-5-6-7(2)8(10)9(3)11-4;1-3-4-6(2)7(9)5-8;1-3-4-5(2)6(8)7(9)10;1-3-4-5(2)6(7)8;1-3-4-6(2)5-7;1-2-3-4(6)5(7)8/h6-8,12H,2-5,10H2,1H3,(H,11,13);7H,5-6H2,1-4H3;6-7,9H,3-4H2,1-2H3;5-6,8H,3-4H2,1-2H3,(H,9,10);5H,3-4H2,1-2H3,(H,7,8);5-6H,3-4H2,1-2H3;4H,2-3,6H2,1H3,(H,7,8)/t7-,8?;7-;6-,7?;5-,6?;5-;6-;4-/m0000000/s1. The minimum atomic E-state index is -1.19. The van der Waals surface area contributed by atoms with E-state index in [0.717, 1.165) is 96.2 Å². The maximum absolute atomic E-state index is 11.3. The van der Waals surface area contributed by atoms with E-state index < -0.39 is 48.3 Å². The summed E-state index contributed by atoms with van der Waals surface area (Å²) in [4.78, 5) is 67.4. The monoisotopic (exact) mass is 952 g/mol. The van der Waals surface area contributed by atoms with Gasteiger partial charge >= 0.3 is 17.9 Å². The van der Waals surface area contributed by atoms with Crippen molar-refractivity contribution in [3.63, 3.8) is 0 Å². The Kier molecular flexibility index (Phi) is 55.0. The van der Waals surface area contributed by atoms with Crippen LogP contribution in [0, 0.1) is 40.9 Å². The zero-order valence-electron chi connectivity index (χ0n) is 43.3. The summed E-state index contributed by atoms with van der Waals surface area (Å²) in [6.45, 7) is 23.2. The summed E-state index contributed by atoms with van der Waals surface area (Å²) in [5, 5.41) is 64.3. The van der Waals surface area contributed by atoms with Gasteiger partial charge in [0, 0.05) is 31.0 Å². The van der Waals surface area contributed by atoms with Gasteiger partial charge in [-0.25, -0.2) is 9.86 Å². The predicted molar refractivity (Wildman–Crippen MR) is 260 cm³/mol. The Morgan fingerprint density at radius 2 is 1.09 bits per heavy atom. The van der Waals surface area contributed by atoms with Gasteiger partial charge in [-0.1, -0.05) is 128 Å². The van der Waals surface area contributed by atoms with E-state index >= 15 is 0 Å². The normalized spacial score (nSPS) is 15.5. The fourth-order valence-corrected chi connectivity index (χ4v) is 5.27. The quantitative estimate of drug-likeness (QED) is 0.0261. The number of rotatable bonds is 25. The van der Waals surface area contributed by atoms with E-state index in [9.17, 15) is 33.9 Å². The van der Waals surface area contributed by atoms with Crippen LogP contribution in [0.3, 0.4) is 0 Å². The van der Waals surface area contributed by atoms with Crippen molar-refractivity contribution in [3.8, 4) is 6.07 Å². The smallest absolute Gasteiger partial charge is 0.332 e. The Bertz CT molecular complexity index is 1230. The lowest BCUT2D eigenvalue weighted by atomic mass is 10.00. The first-order valence-electron chi connectivity index (χ1n) is 24.0. The van der Waals surface area contributed by atoms with Crippen molar-refractivity contribution in [1.82, 2.24) is 10.4 Å². The second-order valence-corrected chi connectivity index (χ2v) is 16.9. The van der Waals surface area contributed by atoms with Crippen LogP contribution in [0.5, 0.6) is 0 Å². The molecule has 18 heteroatoms. The van der Waals surface area contributed by atoms with Gasteiger partial charge in [0.05, 0.1) is 19.1 Å². The Morgan fingerprint density at radius 1 is 0.667 bits per heavy atom.